The Morgan fingerprint density at radius 3 is 2.75 bits per heavy atom. The highest BCUT2D eigenvalue weighted by Gasteiger charge is 2.34. The van der Waals surface area contributed by atoms with Gasteiger partial charge >= 0.3 is 0 Å². The summed E-state index contributed by atoms with van der Waals surface area (Å²) in [7, 11) is 1.69. The first kappa shape index (κ1) is 22.4. The summed E-state index contributed by atoms with van der Waals surface area (Å²) in [4.78, 5) is 16.9. The van der Waals surface area contributed by atoms with E-state index in [0.717, 1.165) is 23.5 Å². The number of benzene rings is 1. The van der Waals surface area contributed by atoms with Gasteiger partial charge in [-0.05, 0) is 31.9 Å². The fourth-order valence-corrected chi connectivity index (χ4v) is 4.61. The second kappa shape index (κ2) is 9.00. The first-order chi connectivity index (χ1) is 15.3. The zero-order valence-corrected chi connectivity index (χ0v) is 18.2. The summed E-state index contributed by atoms with van der Waals surface area (Å²) >= 11 is 0.958. The van der Waals surface area contributed by atoms with Crippen LogP contribution in [0.3, 0.4) is 0 Å². The number of aryl methyl sites for hydroxylation is 1. The third-order valence-corrected chi connectivity index (χ3v) is 6.31. The molecular weight excluding hydrogens is 443 g/mol. The molecule has 0 unspecified atom stereocenters. The normalized spacial score (nSPS) is 23.7. The largest absolute Gasteiger partial charge is 0.366 e. The number of hydrogen-bond acceptors (Lipinski definition) is 6. The molecule has 1 amide bonds. The van der Waals surface area contributed by atoms with Crippen LogP contribution in [0.1, 0.15) is 42.1 Å². The molecule has 0 spiro atoms. The molecule has 1 aromatic carbocycles. The van der Waals surface area contributed by atoms with Gasteiger partial charge in [0.05, 0.1) is 29.2 Å². The van der Waals surface area contributed by atoms with E-state index in [0.29, 0.717) is 24.2 Å². The van der Waals surface area contributed by atoms with E-state index in [1.165, 1.54) is 17.6 Å². The zero-order valence-electron chi connectivity index (χ0n) is 17.4. The zero-order chi connectivity index (χ0) is 23.0. The number of thiazole rings is 1. The predicted molar refractivity (Wildman–Crippen MR) is 114 cm³/mol. The molecule has 2 aromatic heterocycles. The number of nitrogens with one attached hydrogen (secondary N) is 1. The van der Waals surface area contributed by atoms with Gasteiger partial charge in [-0.1, -0.05) is 6.07 Å². The van der Waals surface area contributed by atoms with E-state index in [4.69, 9.17) is 10.5 Å². The molecule has 170 valence electrons. The Bertz CT molecular complexity index is 1110. The van der Waals surface area contributed by atoms with Crippen LogP contribution >= 0.6 is 11.3 Å². The maximum atomic E-state index is 14.3. The van der Waals surface area contributed by atoms with E-state index < -0.39 is 42.0 Å². The standard InChI is InChI=1S/C21H22F3N5O2S/c1-10-18(24)13(25)6-7-16(31-10)19-14(8-26-29(19)2)27-20(30)15-9-32-21(28-15)17-11(22)4-3-5-12(17)23/h3-5,8-10,13,16,18H,6-7,25H2,1-2H3,(H,27,30)/t10-,13+,16-,18+/m0/s1. The van der Waals surface area contributed by atoms with E-state index in [1.807, 2.05) is 0 Å². The molecule has 3 heterocycles. The number of rotatable bonds is 4. The van der Waals surface area contributed by atoms with Crippen LogP contribution in [0.25, 0.3) is 10.6 Å². The average molecular weight is 466 g/mol. The molecule has 3 aromatic rings. The lowest BCUT2D eigenvalue weighted by molar-refractivity contribution is -0.0363. The number of aromatic nitrogens is 3. The van der Waals surface area contributed by atoms with Crippen molar-refractivity contribution in [2.45, 2.75) is 44.2 Å². The summed E-state index contributed by atoms with van der Waals surface area (Å²) in [5.41, 5.74) is 6.56. The highest BCUT2D eigenvalue weighted by molar-refractivity contribution is 7.13. The van der Waals surface area contributed by atoms with E-state index >= 15 is 0 Å². The lowest BCUT2D eigenvalue weighted by Gasteiger charge is -2.22. The first-order valence-corrected chi connectivity index (χ1v) is 10.9. The smallest absolute Gasteiger partial charge is 0.275 e. The van der Waals surface area contributed by atoms with Crippen molar-refractivity contribution < 1.29 is 22.7 Å². The highest BCUT2D eigenvalue weighted by atomic mass is 32.1. The van der Waals surface area contributed by atoms with E-state index in [-0.39, 0.29) is 16.3 Å². The van der Waals surface area contributed by atoms with Gasteiger partial charge in [0.1, 0.15) is 34.6 Å². The number of carbonyl (C=O) groups is 1. The van der Waals surface area contributed by atoms with Crippen LogP contribution in [-0.4, -0.2) is 39.0 Å². The molecular formula is C21H22F3N5O2S. The van der Waals surface area contributed by atoms with Crippen molar-refractivity contribution in [3.05, 3.63) is 52.8 Å². The Morgan fingerprint density at radius 2 is 2.03 bits per heavy atom. The van der Waals surface area contributed by atoms with Crippen LogP contribution in [0, 0.1) is 11.6 Å². The summed E-state index contributed by atoms with van der Waals surface area (Å²) < 4.78 is 49.8. The van der Waals surface area contributed by atoms with Crippen LogP contribution in [0.5, 0.6) is 0 Å². The van der Waals surface area contributed by atoms with Gasteiger partial charge in [0, 0.05) is 18.5 Å². The molecule has 1 aliphatic heterocycles. The second-order valence-corrected chi connectivity index (χ2v) is 8.53. The molecule has 11 heteroatoms. The maximum Gasteiger partial charge on any atom is 0.275 e. The third-order valence-electron chi connectivity index (χ3n) is 5.45. The number of alkyl halides is 1. The Morgan fingerprint density at radius 1 is 1.31 bits per heavy atom. The van der Waals surface area contributed by atoms with Crippen molar-refractivity contribution in [3.8, 4) is 10.6 Å². The number of ether oxygens (including phenoxy) is 1. The molecule has 32 heavy (non-hydrogen) atoms. The molecule has 4 atom stereocenters. The molecule has 0 radical (unpaired) electrons. The van der Waals surface area contributed by atoms with E-state index in [9.17, 15) is 18.0 Å². The number of nitrogens with zero attached hydrogens (tertiary/aromatic N) is 3. The second-order valence-electron chi connectivity index (χ2n) is 7.67. The number of amides is 1. The van der Waals surface area contributed by atoms with Gasteiger partial charge in [0.25, 0.3) is 5.91 Å². The minimum absolute atomic E-state index is 0.00320. The summed E-state index contributed by atoms with van der Waals surface area (Å²) in [6, 6.07) is 2.88. The van der Waals surface area contributed by atoms with Gasteiger partial charge in [0.15, 0.2) is 0 Å². The summed E-state index contributed by atoms with van der Waals surface area (Å²) in [5, 5.41) is 8.39. The fraction of sp³-hybridized carbons (Fsp3) is 0.381. The predicted octanol–water partition coefficient (Wildman–Crippen LogP) is 3.98. The van der Waals surface area contributed by atoms with E-state index in [1.54, 1.807) is 18.7 Å². The van der Waals surface area contributed by atoms with Crippen molar-refractivity contribution in [1.82, 2.24) is 14.8 Å². The topological polar surface area (TPSA) is 95.1 Å². The van der Waals surface area contributed by atoms with Gasteiger partial charge in [-0.2, -0.15) is 5.10 Å². The van der Waals surface area contributed by atoms with Crippen LogP contribution < -0.4 is 11.1 Å². The van der Waals surface area contributed by atoms with Crippen LogP contribution in [0.4, 0.5) is 18.9 Å². The van der Waals surface area contributed by atoms with Crippen LogP contribution in [-0.2, 0) is 11.8 Å². The molecule has 0 aliphatic carbocycles. The average Bonchev–Trinajstić information content (AvgIpc) is 3.34. The Kier molecular flexibility index (Phi) is 6.31. The van der Waals surface area contributed by atoms with Crippen molar-refractivity contribution >= 4 is 22.9 Å². The quantitative estimate of drug-likeness (QED) is 0.608. The number of hydrogen-bond donors (Lipinski definition) is 2. The lowest BCUT2D eigenvalue weighted by Crippen LogP contribution is -2.37. The molecule has 4 rings (SSSR count). The van der Waals surface area contributed by atoms with Gasteiger partial charge in [-0.15, -0.1) is 11.3 Å². The van der Waals surface area contributed by atoms with E-state index in [2.05, 4.69) is 15.4 Å². The highest BCUT2D eigenvalue weighted by Crippen LogP contribution is 2.35. The lowest BCUT2D eigenvalue weighted by atomic mass is 10.0. The van der Waals surface area contributed by atoms with Gasteiger partial charge in [-0.25, -0.2) is 18.2 Å². The molecule has 1 saturated heterocycles. The van der Waals surface area contributed by atoms with Gasteiger partial charge < -0.3 is 15.8 Å². The SMILES string of the molecule is C[C@@H]1O[C@H](c2c(NC(=O)c3csc(-c4c(F)cccc4F)n3)cnn2C)CC[C@@H](N)[C@@H]1F. The molecule has 1 fully saturated rings. The summed E-state index contributed by atoms with van der Waals surface area (Å²) in [6.45, 7) is 1.62. The first-order valence-electron chi connectivity index (χ1n) is 10.0. The monoisotopic (exact) mass is 465 g/mol. The van der Waals surface area contributed by atoms with Crippen LogP contribution in [0.2, 0.25) is 0 Å². The number of halogens is 3. The Labute approximate surface area is 186 Å². The number of carbonyl (C=O) groups excluding carboxylic acids is 1. The van der Waals surface area contributed by atoms with Crippen molar-refractivity contribution in [2.24, 2.45) is 12.8 Å². The molecule has 0 bridgehead atoms. The maximum absolute atomic E-state index is 14.3. The third kappa shape index (κ3) is 4.27. The number of nitrogens with two attached hydrogens (primary N) is 1. The van der Waals surface area contributed by atoms with Crippen molar-refractivity contribution in [3.63, 3.8) is 0 Å². The van der Waals surface area contributed by atoms with Crippen LogP contribution in [0.15, 0.2) is 29.8 Å². The van der Waals surface area contributed by atoms with Crippen molar-refractivity contribution in [1.29, 1.82) is 0 Å². The molecule has 7 nitrogen and oxygen atoms in total. The summed E-state index contributed by atoms with van der Waals surface area (Å²) in [6.07, 6.45) is -0.188. The summed E-state index contributed by atoms with van der Waals surface area (Å²) in [5.74, 6) is -2.09. The minimum Gasteiger partial charge on any atom is -0.366 e. The van der Waals surface area contributed by atoms with Gasteiger partial charge in [0.2, 0.25) is 0 Å². The Balaban J connectivity index is 1.56. The Hall–Kier alpha value is -2.76. The molecule has 0 saturated carbocycles. The molecule has 3 N–H and O–H groups in total. The van der Waals surface area contributed by atoms with Gasteiger partial charge in [-0.3, -0.25) is 9.48 Å². The van der Waals surface area contributed by atoms with Crippen molar-refractivity contribution in [2.75, 3.05) is 5.32 Å². The fourth-order valence-electron chi connectivity index (χ4n) is 3.76. The molecule has 1 aliphatic rings. The minimum atomic E-state index is -1.29. The number of anilines is 1.